The Kier molecular flexibility index (Phi) is 5.67. The highest BCUT2D eigenvalue weighted by Gasteiger charge is 2.02. The minimum absolute atomic E-state index is 0.378. The molecule has 0 saturated heterocycles. The first kappa shape index (κ1) is 15.9. The van der Waals surface area contributed by atoms with E-state index in [1.807, 2.05) is 24.3 Å². The molecule has 0 aliphatic carbocycles. The monoisotopic (exact) mass is 384 g/mol. The second-order valence-electron chi connectivity index (χ2n) is 4.11. The molecule has 0 atom stereocenters. The first-order valence-electron chi connectivity index (χ1n) is 5.99. The van der Waals surface area contributed by atoms with Gasteiger partial charge in [-0.15, -0.1) is 0 Å². The number of hydrogen-bond acceptors (Lipinski definition) is 1. The van der Waals surface area contributed by atoms with Gasteiger partial charge in [0.2, 0.25) is 0 Å². The predicted octanol–water partition coefficient (Wildman–Crippen LogP) is 5.55. The number of nitrogens with one attached hydrogen (secondary N) is 2. The van der Waals surface area contributed by atoms with Crippen LogP contribution in [0.5, 0.6) is 0 Å². The van der Waals surface area contributed by atoms with Gasteiger partial charge in [-0.3, -0.25) is 0 Å². The fraction of sp³-hybridized carbons (Fsp3) is 0. The Hall–Kier alpha value is -1.49. The van der Waals surface area contributed by atoms with E-state index in [9.17, 15) is 4.79 Å². The topological polar surface area (TPSA) is 41.1 Å². The van der Waals surface area contributed by atoms with Crippen molar-refractivity contribution in [1.82, 2.24) is 5.32 Å². The van der Waals surface area contributed by atoms with Crippen molar-refractivity contribution in [1.29, 1.82) is 0 Å². The van der Waals surface area contributed by atoms with E-state index in [-0.39, 0.29) is 6.03 Å². The third-order valence-electron chi connectivity index (χ3n) is 2.50. The molecular weight excluding hydrogens is 375 g/mol. The number of urea groups is 1. The molecule has 6 heteroatoms. The van der Waals surface area contributed by atoms with Gasteiger partial charge in [-0.2, -0.15) is 0 Å². The number of halogens is 3. The summed E-state index contributed by atoms with van der Waals surface area (Å²) in [7, 11) is 0. The van der Waals surface area contributed by atoms with Crippen molar-refractivity contribution in [3.05, 3.63) is 68.7 Å². The molecule has 0 unspecified atom stereocenters. The fourth-order valence-corrected chi connectivity index (χ4v) is 2.55. The molecule has 2 aromatic rings. The van der Waals surface area contributed by atoms with Crippen LogP contribution in [0.4, 0.5) is 10.5 Å². The molecule has 0 heterocycles. The Balaban J connectivity index is 1.95. The summed E-state index contributed by atoms with van der Waals surface area (Å²) in [6.45, 7) is 0. The number of anilines is 1. The average molecular weight is 386 g/mol. The van der Waals surface area contributed by atoms with Gasteiger partial charge in [0, 0.05) is 26.4 Å². The standard InChI is InChI=1S/C15H11BrCl2N2O/c16-14-4-2-1-3-10(14)5-6-19-15(21)20-13-8-11(17)7-12(18)9-13/h1-9H,(H2,19,20,21)/b6-5+. The third-order valence-corrected chi connectivity index (χ3v) is 3.66. The molecule has 0 saturated carbocycles. The van der Waals surface area contributed by atoms with E-state index >= 15 is 0 Å². The molecule has 0 spiro atoms. The van der Waals surface area contributed by atoms with Gasteiger partial charge in [-0.1, -0.05) is 57.3 Å². The van der Waals surface area contributed by atoms with Gasteiger partial charge in [0.15, 0.2) is 0 Å². The number of carbonyl (C=O) groups is 1. The summed E-state index contributed by atoms with van der Waals surface area (Å²) in [5.41, 5.74) is 1.49. The molecule has 0 bridgehead atoms. The van der Waals surface area contributed by atoms with Crippen molar-refractivity contribution >= 4 is 56.9 Å². The molecule has 0 aliphatic rings. The van der Waals surface area contributed by atoms with Crippen molar-refractivity contribution in [2.45, 2.75) is 0 Å². The van der Waals surface area contributed by atoms with Crippen LogP contribution >= 0.6 is 39.1 Å². The summed E-state index contributed by atoms with van der Waals surface area (Å²) in [5.74, 6) is 0. The molecule has 21 heavy (non-hydrogen) atoms. The maximum atomic E-state index is 11.7. The van der Waals surface area contributed by atoms with E-state index in [1.54, 1.807) is 30.5 Å². The quantitative estimate of drug-likeness (QED) is 0.714. The van der Waals surface area contributed by atoms with E-state index in [0.29, 0.717) is 15.7 Å². The SMILES string of the molecule is O=C(N/C=C/c1ccccc1Br)Nc1cc(Cl)cc(Cl)c1. The van der Waals surface area contributed by atoms with E-state index < -0.39 is 0 Å². The van der Waals surface area contributed by atoms with Crippen molar-refractivity contribution < 1.29 is 4.79 Å². The Labute approximate surface area is 141 Å². The summed E-state index contributed by atoms with van der Waals surface area (Å²) in [4.78, 5) is 11.7. The molecule has 0 aromatic heterocycles. The Morgan fingerprint density at radius 2 is 1.76 bits per heavy atom. The summed E-state index contributed by atoms with van der Waals surface area (Å²) in [5, 5.41) is 6.17. The number of carbonyl (C=O) groups excluding carboxylic acids is 1. The first-order chi connectivity index (χ1) is 10.0. The van der Waals surface area contributed by atoms with E-state index in [0.717, 1.165) is 10.0 Å². The zero-order chi connectivity index (χ0) is 15.2. The highest BCUT2D eigenvalue weighted by Crippen LogP contribution is 2.22. The molecule has 0 aliphatic heterocycles. The summed E-state index contributed by atoms with van der Waals surface area (Å²) >= 11 is 15.1. The number of amides is 2. The average Bonchev–Trinajstić information content (AvgIpc) is 2.39. The molecular formula is C15H11BrCl2N2O. The lowest BCUT2D eigenvalue weighted by atomic mass is 10.2. The molecule has 2 amide bonds. The minimum atomic E-state index is -0.378. The molecule has 3 nitrogen and oxygen atoms in total. The van der Waals surface area contributed by atoms with Gasteiger partial charge in [0.25, 0.3) is 0 Å². The normalized spacial score (nSPS) is 10.6. The van der Waals surface area contributed by atoms with E-state index in [1.165, 1.54) is 0 Å². The maximum absolute atomic E-state index is 11.7. The Morgan fingerprint density at radius 3 is 2.43 bits per heavy atom. The first-order valence-corrected chi connectivity index (χ1v) is 7.54. The highest BCUT2D eigenvalue weighted by atomic mass is 79.9. The summed E-state index contributed by atoms with van der Waals surface area (Å²) in [6, 6.07) is 12.1. The van der Waals surface area contributed by atoms with Crippen LogP contribution in [-0.4, -0.2) is 6.03 Å². The molecule has 0 radical (unpaired) electrons. The highest BCUT2D eigenvalue weighted by molar-refractivity contribution is 9.10. The lowest BCUT2D eigenvalue weighted by Gasteiger charge is -2.05. The largest absolute Gasteiger partial charge is 0.323 e. The van der Waals surface area contributed by atoms with E-state index in [2.05, 4.69) is 26.6 Å². The molecule has 2 rings (SSSR count). The molecule has 2 N–H and O–H groups in total. The zero-order valence-electron chi connectivity index (χ0n) is 10.7. The van der Waals surface area contributed by atoms with Crippen molar-refractivity contribution in [2.75, 3.05) is 5.32 Å². The maximum Gasteiger partial charge on any atom is 0.323 e. The van der Waals surface area contributed by atoms with Gasteiger partial charge in [-0.05, 0) is 35.9 Å². The minimum Gasteiger partial charge on any atom is -0.314 e. The van der Waals surface area contributed by atoms with E-state index in [4.69, 9.17) is 23.2 Å². The van der Waals surface area contributed by atoms with Crippen LogP contribution in [0.3, 0.4) is 0 Å². The van der Waals surface area contributed by atoms with Crippen molar-refractivity contribution in [3.63, 3.8) is 0 Å². The van der Waals surface area contributed by atoms with Crippen molar-refractivity contribution in [2.24, 2.45) is 0 Å². The Bertz CT molecular complexity index is 669. The lowest BCUT2D eigenvalue weighted by Crippen LogP contribution is -2.23. The number of hydrogen-bond donors (Lipinski definition) is 2. The smallest absolute Gasteiger partial charge is 0.314 e. The fourth-order valence-electron chi connectivity index (χ4n) is 1.61. The van der Waals surface area contributed by atoms with Crippen LogP contribution in [0, 0.1) is 0 Å². The summed E-state index contributed by atoms with van der Waals surface area (Å²) < 4.78 is 0.949. The lowest BCUT2D eigenvalue weighted by molar-refractivity contribution is 0.255. The molecule has 2 aromatic carbocycles. The van der Waals surface area contributed by atoms with Crippen LogP contribution in [0.1, 0.15) is 5.56 Å². The summed E-state index contributed by atoms with van der Waals surface area (Å²) in [6.07, 6.45) is 3.34. The number of rotatable bonds is 3. The van der Waals surface area contributed by atoms with Crippen molar-refractivity contribution in [3.8, 4) is 0 Å². The third kappa shape index (κ3) is 5.08. The molecule has 108 valence electrons. The van der Waals surface area contributed by atoms with Gasteiger partial charge >= 0.3 is 6.03 Å². The van der Waals surface area contributed by atoms with Gasteiger partial charge < -0.3 is 10.6 Å². The Morgan fingerprint density at radius 1 is 1.10 bits per heavy atom. The van der Waals surface area contributed by atoms with Gasteiger partial charge in [-0.25, -0.2) is 4.79 Å². The predicted molar refractivity (Wildman–Crippen MR) is 91.8 cm³/mol. The second-order valence-corrected chi connectivity index (χ2v) is 5.84. The van der Waals surface area contributed by atoms with Crippen LogP contribution in [0.2, 0.25) is 10.0 Å². The second kappa shape index (κ2) is 7.50. The zero-order valence-corrected chi connectivity index (χ0v) is 13.8. The van der Waals surface area contributed by atoms with Crippen LogP contribution < -0.4 is 10.6 Å². The van der Waals surface area contributed by atoms with Gasteiger partial charge in [0.1, 0.15) is 0 Å². The van der Waals surface area contributed by atoms with Crippen LogP contribution in [-0.2, 0) is 0 Å². The van der Waals surface area contributed by atoms with Crippen LogP contribution in [0.25, 0.3) is 6.08 Å². The van der Waals surface area contributed by atoms with Gasteiger partial charge in [0.05, 0.1) is 0 Å². The molecule has 0 fully saturated rings. The number of benzene rings is 2. The van der Waals surface area contributed by atoms with Crippen LogP contribution in [0.15, 0.2) is 53.1 Å².